The molecular weight excluding hydrogens is 409 g/mol. The molecule has 9 heteroatoms. The predicted octanol–water partition coefficient (Wildman–Crippen LogP) is 6.98. The van der Waals surface area contributed by atoms with Crippen molar-refractivity contribution in [1.82, 2.24) is 4.98 Å². The number of nitrogens with zero attached hydrogens (tertiary/aromatic N) is 1. The van der Waals surface area contributed by atoms with Gasteiger partial charge in [-0.3, -0.25) is 4.79 Å². The van der Waals surface area contributed by atoms with Crippen molar-refractivity contribution < 1.29 is 4.79 Å². The Balaban J connectivity index is 2.25. The number of pyridine rings is 1. The predicted molar refractivity (Wildman–Crippen MR) is 95.3 cm³/mol. The molecule has 1 aromatic carbocycles. The minimum atomic E-state index is -0.410. The molecule has 1 heterocycles. The first-order chi connectivity index (χ1) is 10.3. The van der Waals surface area contributed by atoms with E-state index in [1.54, 1.807) is 25.1 Å². The molecule has 1 amide bonds. The normalized spacial score (nSPS) is 10.6. The topological polar surface area (TPSA) is 42.0 Å². The van der Waals surface area contributed by atoms with Crippen LogP contribution in [0.3, 0.4) is 0 Å². The molecule has 0 saturated heterocycles. The Bertz CT molecular complexity index is 727. The van der Waals surface area contributed by atoms with Crippen LogP contribution in [0.15, 0.2) is 23.1 Å². The molecule has 0 unspecified atom stereocenters. The lowest BCUT2D eigenvalue weighted by atomic mass is 10.2. The highest BCUT2D eigenvalue weighted by atomic mass is 35.5. The fraction of sp³-hybridized carbons (Fsp3) is 0.0769. The summed E-state index contributed by atoms with van der Waals surface area (Å²) in [6, 6.07) is 5.20. The highest BCUT2D eigenvalue weighted by Crippen LogP contribution is 2.41. The van der Waals surface area contributed by atoms with Crippen molar-refractivity contribution in [3.8, 4) is 0 Å². The van der Waals surface area contributed by atoms with Crippen LogP contribution in [0.4, 0.5) is 10.5 Å². The molecule has 0 saturated carbocycles. The van der Waals surface area contributed by atoms with Gasteiger partial charge in [0.2, 0.25) is 0 Å². The van der Waals surface area contributed by atoms with E-state index in [9.17, 15) is 4.79 Å². The van der Waals surface area contributed by atoms with E-state index in [-0.39, 0.29) is 25.2 Å². The second kappa shape index (κ2) is 7.47. The standard InChI is InChI=1S/C13H7Cl5N2OS/c1-5-6(14)3-2-4-7(5)19-13(21)22-10-8(15)11(17)20-12(18)9(10)16/h2-4H,1H3,(H,19,21). The smallest absolute Gasteiger partial charge is 0.288 e. The van der Waals surface area contributed by atoms with E-state index in [1.807, 2.05) is 0 Å². The molecule has 1 N–H and O–H groups in total. The molecule has 1 aromatic heterocycles. The summed E-state index contributed by atoms with van der Waals surface area (Å²) in [6.45, 7) is 1.79. The Morgan fingerprint density at radius 3 is 2.27 bits per heavy atom. The van der Waals surface area contributed by atoms with Crippen LogP contribution >= 0.6 is 69.8 Å². The number of halogens is 5. The number of nitrogens with one attached hydrogen (secondary N) is 1. The largest absolute Gasteiger partial charge is 0.316 e. The number of anilines is 1. The molecule has 0 aliphatic carbocycles. The fourth-order valence-electron chi connectivity index (χ4n) is 1.53. The zero-order valence-electron chi connectivity index (χ0n) is 10.9. The molecule has 0 bridgehead atoms. The molecular formula is C13H7Cl5N2OS. The Labute approximate surface area is 156 Å². The fourth-order valence-corrected chi connectivity index (χ4v) is 3.49. The Morgan fingerprint density at radius 1 is 1.09 bits per heavy atom. The van der Waals surface area contributed by atoms with E-state index >= 15 is 0 Å². The summed E-state index contributed by atoms with van der Waals surface area (Å²) in [5, 5.41) is 2.94. The molecule has 2 aromatic rings. The number of carbonyl (C=O) groups excluding carboxylic acids is 1. The van der Waals surface area contributed by atoms with Crippen LogP contribution < -0.4 is 5.32 Å². The lowest BCUT2D eigenvalue weighted by Crippen LogP contribution is -2.06. The van der Waals surface area contributed by atoms with Gasteiger partial charge in [-0.2, -0.15) is 0 Å². The van der Waals surface area contributed by atoms with Crippen LogP contribution in [-0.2, 0) is 0 Å². The second-order valence-electron chi connectivity index (χ2n) is 4.08. The summed E-state index contributed by atoms with van der Waals surface area (Å²) in [5.41, 5.74) is 1.34. The van der Waals surface area contributed by atoms with E-state index in [1.165, 1.54) is 0 Å². The van der Waals surface area contributed by atoms with Crippen LogP contribution in [0.5, 0.6) is 0 Å². The van der Waals surface area contributed by atoms with E-state index in [2.05, 4.69) is 10.3 Å². The van der Waals surface area contributed by atoms with Crippen molar-refractivity contribution in [2.75, 3.05) is 5.32 Å². The van der Waals surface area contributed by atoms with Crippen molar-refractivity contribution in [3.05, 3.63) is 49.1 Å². The Hall–Kier alpha value is -0.360. The first-order valence-corrected chi connectivity index (χ1v) is 8.45. The maximum absolute atomic E-state index is 12.2. The van der Waals surface area contributed by atoms with Crippen LogP contribution in [0.1, 0.15) is 5.56 Å². The number of benzene rings is 1. The maximum atomic E-state index is 12.2. The quantitative estimate of drug-likeness (QED) is 0.424. The molecule has 0 radical (unpaired) electrons. The first kappa shape index (κ1) is 18.0. The summed E-state index contributed by atoms with van der Waals surface area (Å²) in [7, 11) is 0. The Morgan fingerprint density at radius 2 is 1.68 bits per heavy atom. The number of aromatic nitrogens is 1. The summed E-state index contributed by atoms with van der Waals surface area (Å²) in [5.74, 6) is 0. The number of thioether (sulfide) groups is 1. The molecule has 3 nitrogen and oxygen atoms in total. The van der Waals surface area contributed by atoms with Crippen molar-refractivity contribution in [2.45, 2.75) is 11.8 Å². The van der Waals surface area contributed by atoms with Gasteiger partial charge in [-0.05, 0) is 36.4 Å². The van der Waals surface area contributed by atoms with Crippen molar-refractivity contribution in [2.24, 2.45) is 0 Å². The molecule has 0 atom stereocenters. The second-order valence-corrected chi connectivity index (χ2v) is 6.94. The molecule has 116 valence electrons. The molecule has 2 rings (SSSR count). The zero-order chi connectivity index (χ0) is 16.4. The molecule has 0 aliphatic heterocycles. The number of hydrogen-bond donors (Lipinski definition) is 1. The number of carbonyl (C=O) groups is 1. The minimum absolute atomic E-state index is 0.0229. The van der Waals surface area contributed by atoms with E-state index in [0.717, 1.165) is 17.3 Å². The maximum Gasteiger partial charge on any atom is 0.288 e. The van der Waals surface area contributed by atoms with Crippen LogP contribution in [0, 0.1) is 6.92 Å². The van der Waals surface area contributed by atoms with Gasteiger partial charge < -0.3 is 5.32 Å². The average molecular weight is 417 g/mol. The van der Waals surface area contributed by atoms with Gasteiger partial charge in [0.1, 0.15) is 0 Å². The van der Waals surface area contributed by atoms with E-state index < -0.39 is 5.24 Å². The number of hydrogen-bond acceptors (Lipinski definition) is 3. The SMILES string of the molecule is Cc1c(Cl)cccc1NC(=O)Sc1c(Cl)c(Cl)nc(Cl)c1Cl. The van der Waals surface area contributed by atoms with Crippen molar-refractivity contribution in [1.29, 1.82) is 0 Å². The van der Waals surface area contributed by atoms with Gasteiger partial charge in [-0.25, -0.2) is 4.98 Å². The van der Waals surface area contributed by atoms with Crippen molar-refractivity contribution >= 4 is 80.7 Å². The van der Waals surface area contributed by atoms with Crippen molar-refractivity contribution in [3.63, 3.8) is 0 Å². The first-order valence-electron chi connectivity index (χ1n) is 5.75. The number of amides is 1. The van der Waals surface area contributed by atoms with E-state index in [4.69, 9.17) is 58.0 Å². The van der Waals surface area contributed by atoms with E-state index in [0.29, 0.717) is 10.7 Å². The van der Waals surface area contributed by atoms with Gasteiger partial charge in [-0.15, -0.1) is 0 Å². The summed E-state index contributed by atoms with van der Waals surface area (Å²) >= 11 is 30.5. The van der Waals surface area contributed by atoms with Gasteiger partial charge in [0.25, 0.3) is 5.24 Å². The van der Waals surface area contributed by atoms with Crippen LogP contribution in [0.25, 0.3) is 0 Å². The van der Waals surface area contributed by atoms with Gasteiger partial charge in [-0.1, -0.05) is 64.1 Å². The third kappa shape index (κ3) is 3.94. The van der Waals surface area contributed by atoms with Gasteiger partial charge >= 0.3 is 0 Å². The third-order valence-electron chi connectivity index (χ3n) is 2.66. The lowest BCUT2D eigenvalue weighted by molar-refractivity contribution is 0.269. The van der Waals surface area contributed by atoms with Crippen LogP contribution in [-0.4, -0.2) is 10.2 Å². The Kier molecular flexibility index (Phi) is 6.11. The van der Waals surface area contributed by atoms with Crippen LogP contribution in [0.2, 0.25) is 25.4 Å². The minimum Gasteiger partial charge on any atom is -0.316 e. The highest BCUT2D eigenvalue weighted by Gasteiger charge is 2.19. The molecule has 0 spiro atoms. The zero-order valence-corrected chi connectivity index (χ0v) is 15.5. The molecule has 0 aliphatic rings. The van der Waals surface area contributed by atoms with Gasteiger partial charge in [0, 0.05) is 10.7 Å². The van der Waals surface area contributed by atoms with Gasteiger partial charge in [0.15, 0.2) is 10.3 Å². The lowest BCUT2D eigenvalue weighted by Gasteiger charge is -2.11. The summed E-state index contributed by atoms with van der Waals surface area (Å²) in [4.78, 5) is 16.2. The third-order valence-corrected chi connectivity index (χ3v) is 5.67. The monoisotopic (exact) mass is 414 g/mol. The average Bonchev–Trinajstić information content (AvgIpc) is 2.46. The molecule has 22 heavy (non-hydrogen) atoms. The molecule has 0 fully saturated rings. The summed E-state index contributed by atoms with van der Waals surface area (Å²) in [6.07, 6.45) is 0. The summed E-state index contributed by atoms with van der Waals surface area (Å²) < 4.78 is 0. The number of rotatable bonds is 2. The van der Waals surface area contributed by atoms with Gasteiger partial charge in [0.05, 0.1) is 14.9 Å². The highest BCUT2D eigenvalue weighted by molar-refractivity contribution is 8.14.